The lowest BCUT2D eigenvalue weighted by molar-refractivity contribution is 0.0810. The lowest BCUT2D eigenvalue weighted by Gasteiger charge is -2.35. The predicted octanol–water partition coefficient (Wildman–Crippen LogP) is 3.62. The average molecular weight is 330 g/mol. The van der Waals surface area contributed by atoms with E-state index in [0.29, 0.717) is 11.0 Å². The Bertz CT molecular complexity index is 419. The minimum Gasteiger partial charge on any atom is -0.396 e. The highest BCUT2D eigenvalue weighted by molar-refractivity contribution is 9.10. The Balaban J connectivity index is 1.86. The molecule has 1 aromatic rings. The topological polar surface area (TPSA) is 32.3 Å². The number of benzene rings is 1. The largest absolute Gasteiger partial charge is 0.396 e. The molecule has 4 heteroatoms. The van der Waals surface area contributed by atoms with E-state index in [0.717, 1.165) is 24.9 Å². The molecule has 0 heterocycles. The fraction of sp³-hybridized carbons (Fsp3) is 0.600. The molecule has 0 amide bonds. The van der Waals surface area contributed by atoms with Gasteiger partial charge in [0.15, 0.2) is 0 Å². The second kappa shape index (κ2) is 6.82. The second-order valence-corrected chi connectivity index (χ2v) is 6.43. The lowest BCUT2D eigenvalue weighted by atomic mass is 9.74. The molecule has 0 aliphatic heterocycles. The molecule has 106 valence electrons. The Hall–Kier alpha value is -0.450. The fourth-order valence-electron chi connectivity index (χ4n) is 2.81. The first kappa shape index (κ1) is 14.9. The Morgan fingerprint density at radius 3 is 2.63 bits per heavy atom. The Labute approximate surface area is 122 Å². The van der Waals surface area contributed by atoms with Crippen LogP contribution < -0.4 is 5.32 Å². The van der Waals surface area contributed by atoms with Crippen LogP contribution in [0.1, 0.15) is 37.7 Å². The summed E-state index contributed by atoms with van der Waals surface area (Å²) in [5.74, 6) is -0.233. The van der Waals surface area contributed by atoms with E-state index in [1.165, 1.54) is 25.3 Å². The van der Waals surface area contributed by atoms with Crippen LogP contribution in [0.15, 0.2) is 22.7 Å². The van der Waals surface area contributed by atoms with Crippen LogP contribution in [-0.4, -0.2) is 18.3 Å². The number of hydrogen-bond acceptors (Lipinski definition) is 2. The highest BCUT2D eigenvalue weighted by Gasteiger charge is 2.30. The summed E-state index contributed by atoms with van der Waals surface area (Å²) in [5.41, 5.74) is 1.10. The summed E-state index contributed by atoms with van der Waals surface area (Å²) >= 11 is 3.20. The smallest absolute Gasteiger partial charge is 0.137 e. The molecule has 0 spiro atoms. The maximum atomic E-state index is 13.1. The third-order valence-corrected chi connectivity index (χ3v) is 4.67. The van der Waals surface area contributed by atoms with Gasteiger partial charge in [-0.25, -0.2) is 4.39 Å². The molecule has 1 aliphatic carbocycles. The molecule has 0 bridgehead atoms. The molecule has 0 aromatic heterocycles. The molecule has 0 radical (unpaired) electrons. The molecule has 1 aliphatic rings. The first-order chi connectivity index (χ1) is 9.15. The van der Waals surface area contributed by atoms with Gasteiger partial charge in [0, 0.05) is 25.1 Å². The fourth-order valence-corrected chi connectivity index (χ4v) is 3.24. The van der Waals surface area contributed by atoms with E-state index >= 15 is 0 Å². The summed E-state index contributed by atoms with van der Waals surface area (Å²) in [6.07, 6.45) is 5.91. The SMILES string of the molecule is OCC1(CNCc2ccc(F)c(Br)c2)CCCCC1. The lowest BCUT2D eigenvalue weighted by Crippen LogP contribution is -2.38. The normalized spacial score (nSPS) is 18.5. The standard InChI is InChI=1S/C15H21BrFNO/c16-13-8-12(4-5-14(13)17)9-18-10-15(11-19)6-2-1-3-7-15/h4-5,8,18-19H,1-3,6-7,9-11H2. The van der Waals surface area contributed by atoms with Crippen molar-refractivity contribution in [2.75, 3.05) is 13.2 Å². The number of aliphatic hydroxyl groups excluding tert-OH is 1. The summed E-state index contributed by atoms with van der Waals surface area (Å²) in [5, 5.41) is 13.0. The molecule has 1 fully saturated rings. The molecule has 0 atom stereocenters. The minimum atomic E-state index is -0.233. The van der Waals surface area contributed by atoms with Crippen molar-refractivity contribution in [2.24, 2.45) is 5.41 Å². The van der Waals surface area contributed by atoms with Crippen molar-refractivity contribution in [3.8, 4) is 0 Å². The zero-order valence-electron chi connectivity index (χ0n) is 11.1. The van der Waals surface area contributed by atoms with Gasteiger partial charge in [-0.15, -0.1) is 0 Å². The van der Waals surface area contributed by atoms with Gasteiger partial charge in [0.1, 0.15) is 5.82 Å². The van der Waals surface area contributed by atoms with Crippen molar-refractivity contribution in [2.45, 2.75) is 38.6 Å². The van der Waals surface area contributed by atoms with E-state index in [4.69, 9.17) is 0 Å². The van der Waals surface area contributed by atoms with Gasteiger partial charge in [-0.1, -0.05) is 25.3 Å². The van der Waals surface area contributed by atoms with E-state index < -0.39 is 0 Å². The van der Waals surface area contributed by atoms with Crippen LogP contribution in [0, 0.1) is 11.2 Å². The van der Waals surface area contributed by atoms with Gasteiger partial charge in [-0.05, 0) is 46.5 Å². The van der Waals surface area contributed by atoms with Gasteiger partial charge in [0.05, 0.1) is 4.47 Å². The van der Waals surface area contributed by atoms with Gasteiger partial charge >= 0.3 is 0 Å². The maximum absolute atomic E-state index is 13.1. The summed E-state index contributed by atoms with van der Waals surface area (Å²) in [6, 6.07) is 5.07. The van der Waals surface area contributed by atoms with E-state index in [2.05, 4.69) is 21.2 Å². The predicted molar refractivity (Wildman–Crippen MR) is 78.4 cm³/mol. The van der Waals surface area contributed by atoms with Crippen molar-refractivity contribution in [1.82, 2.24) is 5.32 Å². The van der Waals surface area contributed by atoms with E-state index in [1.807, 2.05) is 0 Å². The first-order valence-electron chi connectivity index (χ1n) is 6.91. The molecular formula is C15H21BrFNO. The number of rotatable bonds is 5. The summed E-state index contributed by atoms with van der Waals surface area (Å²) < 4.78 is 13.6. The summed E-state index contributed by atoms with van der Waals surface area (Å²) in [6.45, 7) is 1.80. The second-order valence-electron chi connectivity index (χ2n) is 5.57. The third-order valence-electron chi connectivity index (χ3n) is 4.06. The molecule has 2 nitrogen and oxygen atoms in total. The number of halogens is 2. The third kappa shape index (κ3) is 4.01. The van der Waals surface area contributed by atoms with Crippen LogP contribution in [0.3, 0.4) is 0 Å². The minimum absolute atomic E-state index is 0.0511. The van der Waals surface area contributed by atoms with Gasteiger partial charge in [-0.3, -0.25) is 0 Å². The van der Waals surface area contributed by atoms with Crippen LogP contribution in [0.2, 0.25) is 0 Å². The summed E-state index contributed by atoms with van der Waals surface area (Å²) in [7, 11) is 0. The number of aliphatic hydroxyl groups is 1. The molecule has 2 rings (SSSR count). The van der Waals surface area contributed by atoms with Crippen molar-refractivity contribution in [3.63, 3.8) is 0 Å². The maximum Gasteiger partial charge on any atom is 0.137 e. The molecular weight excluding hydrogens is 309 g/mol. The van der Waals surface area contributed by atoms with Gasteiger partial charge in [-0.2, -0.15) is 0 Å². The molecule has 19 heavy (non-hydrogen) atoms. The van der Waals surface area contributed by atoms with Crippen LogP contribution in [0.4, 0.5) is 4.39 Å². The Morgan fingerprint density at radius 1 is 1.26 bits per heavy atom. The quantitative estimate of drug-likeness (QED) is 0.864. The average Bonchev–Trinajstić information content (AvgIpc) is 2.44. The van der Waals surface area contributed by atoms with E-state index in [9.17, 15) is 9.50 Å². The van der Waals surface area contributed by atoms with Crippen LogP contribution in [0.5, 0.6) is 0 Å². The molecule has 1 saturated carbocycles. The monoisotopic (exact) mass is 329 g/mol. The van der Waals surface area contributed by atoms with E-state index in [-0.39, 0.29) is 17.8 Å². The molecule has 0 unspecified atom stereocenters. The zero-order chi connectivity index (χ0) is 13.7. The van der Waals surface area contributed by atoms with Gasteiger partial charge in [0.2, 0.25) is 0 Å². The van der Waals surface area contributed by atoms with Crippen molar-refractivity contribution in [3.05, 3.63) is 34.1 Å². The van der Waals surface area contributed by atoms with Gasteiger partial charge < -0.3 is 10.4 Å². The van der Waals surface area contributed by atoms with Crippen molar-refractivity contribution in [1.29, 1.82) is 0 Å². The number of nitrogens with one attached hydrogen (secondary N) is 1. The Morgan fingerprint density at radius 2 is 2.00 bits per heavy atom. The van der Waals surface area contributed by atoms with Crippen LogP contribution >= 0.6 is 15.9 Å². The van der Waals surface area contributed by atoms with Crippen molar-refractivity contribution >= 4 is 15.9 Å². The highest BCUT2D eigenvalue weighted by atomic mass is 79.9. The number of hydrogen-bond donors (Lipinski definition) is 2. The van der Waals surface area contributed by atoms with Crippen LogP contribution in [0.25, 0.3) is 0 Å². The molecule has 2 N–H and O–H groups in total. The molecule has 0 saturated heterocycles. The summed E-state index contributed by atoms with van der Waals surface area (Å²) in [4.78, 5) is 0. The van der Waals surface area contributed by atoms with Crippen molar-refractivity contribution < 1.29 is 9.50 Å². The molecule has 1 aromatic carbocycles. The highest BCUT2D eigenvalue weighted by Crippen LogP contribution is 2.35. The van der Waals surface area contributed by atoms with Crippen LogP contribution in [-0.2, 0) is 6.54 Å². The zero-order valence-corrected chi connectivity index (χ0v) is 12.7. The van der Waals surface area contributed by atoms with Gasteiger partial charge in [0.25, 0.3) is 0 Å². The Kier molecular flexibility index (Phi) is 5.37. The van der Waals surface area contributed by atoms with E-state index in [1.54, 1.807) is 12.1 Å². The first-order valence-corrected chi connectivity index (χ1v) is 7.70.